The number of rotatable bonds is 6. The maximum absolute atomic E-state index is 10.7. The highest BCUT2D eigenvalue weighted by Crippen LogP contribution is 2.20. The molecule has 100 valence electrons. The zero-order valence-electron chi connectivity index (χ0n) is 10.8. The van der Waals surface area contributed by atoms with Gasteiger partial charge in [-0.05, 0) is 23.5 Å². The summed E-state index contributed by atoms with van der Waals surface area (Å²) in [6.45, 7) is 4.28. The van der Waals surface area contributed by atoms with E-state index in [2.05, 4.69) is 13.8 Å². The van der Waals surface area contributed by atoms with Crippen molar-refractivity contribution >= 4 is 5.91 Å². The number of benzene rings is 1. The van der Waals surface area contributed by atoms with Crippen molar-refractivity contribution in [2.75, 3.05) is 0 Å². The second-order valence-corrected chi connectivity index (χ2v) is 5.02. The minimum Gasteiger partial charge on any atom is -0.390 e. The quantitative estimate of drug-likeness (QED) is 0.709. The Kier molecular flexibility index (Phi) is 5.31. The van der Waals surface area contributed by atoms with Gasteiger partial charge in [0.15, 0.2) is 0 Å². The van der Waals surface area contributed by atoms with Crippen LogP contribution in [0.1, 0.15) is 37.5 Å². The Bertz CT molecular complexity index is 387. The van der Waals surface area contributed by atoms with Gasteiger partial charge in [-0.1, -0.05) is 38.1 Å². The zero-order chi connectivity index (χ0) is 13.7. The Morgan fingerprint density at radius 1 is 1.22 bits per heavy atom. The first-order valence-corrected chi connectivity index (χ1v) is 6.13. The first-order chi connectivity index (χ1) is 8.40. The molecule has 2 unspecified atom stereocenters. The number of amides is 1. The molecule has 1 aromatic carbocycles. The molecular weight excluding hydrogens is 230 g/mol. The van der Waals surface area contributed by atoms with Gasteiger partial charge in [0.25, 0.3) is 0 Å². The minimum absolute atomic E-state index is 0.241. The normalized spacial score (nSPS) is 14.5. The summed E-state index contributed by atoms with van der Waals surface area (Å²) >= 11 is 0. The molecule has 0 heterocycles. The molecule has 1 rings (SSSR count). The van der Waals surface area contributed by atoms with E-state index in [1.807, 2.05) is 12.1 Å². The molecule has 0 saturated carbocycles. The molecule has 0 aromatic heterocycles. The maximum Gasteiger partial charge on any atom is 0.220 e. The van der Waals surface area contributed by atoms with E-state index < -0.39 is 18.1 Å². The Morgan fingerprint density at radius 3 is 2.22 bits per heavy atom. The number of nitrogens with two attached hydrogens (primary N) is 1. The van der Waals surface area contributed by atoms with E-state index in [0.717, 1.165) is 6.42 Å². The predicted molar refractivity (Wildman–Crippen MR) is 69.8 cm³/mol. The standard InChI is InChI=1S/C14H21NO3/c1-9(2)7-10-3-5-11(6-4-10)14(18)12(16)8-13(15)17/h3-6,9,12,14,16,18H,7-8H2,1-2H3,(H2,15,17). The van der Waals surface area contributed by atoms with Crippen LogP contribution in [0.2, 0.25) is 0 Å². The minimum atomic E-state index is -1.15. The second kappa shape index (κ2) is 6.52. The third-order valence-corrected chi connectivity index (χ3v) is 2.74. The SMILES string of the molecule is CC(C)Cc1ccc(C(O)C(O)CC(N)=O)cc1. The van der Waals surface area contributed by atoms with Crippen molar-refractivity contribution in [2.45, 2.75) is 38.9 Å². The molecule has 0 aliphatic heterocycles. The number of carbonyl (C=O) groups excluding carboxylic acids is 1. The smallest absolute Gasteiger partial charge is 0.220 e. The lowest BCUT2D eigenvalue weighted by atomic mass is 9.97. The predicted octanol–water partition coefficient (Wildman–Crippen LogP) is 1.15. The van der Waals surface area contributed by atoms with Crippen LogP contribution in [0, 0.1) is 5.92 Å². The Hall–Kier alpha value is -1.39. The van der Waals surface area contributed by atoms with E-state index in [4.69, 9.17) is 5.73 Å². The molecule has 0 aliphatic carbocycles. The molecule has 0 aliphatic rings. The summed E-state index contributed by atoms with van der Waals surface area (Å²) in [5, 5.41) is 19.5. The van der Waals surface area contributed by atoms with E-state index in [-0.39, 0.29) is 6.42 Å². The molecule has 2 atom stereocenters. The average Bonchev–Trinajstić information content (AvgIpc) is 2.27. The lowest BCUT2D eigenvalue weighted by Crippen LogP contribution is -2.25. The van der Waals surface area contributed by atoms with Gasteiger partial charge in [-0.2, -0.15) is 0 Å². The molecule has 1 aromatic rings. The van der Waals surface area contributed by atoms with Crippen molar-refractivity contribution in [3.8, 4) is 0 Å². The van der Waals surface area contributed by atoms with Gasteiger partial charge in [0.05, 0.1) is 12.5 Å². The molecule has 4 nitrogen and oxygen atoms in total. The Labute approximate surface area is 107 Å². The van der Waals surface area contributed by atoms with Crippen LogP contribution in [0.3, 0.4) is 0 Å². The van der Waals surface area contributed by atoms with Crippen LogP contribution in [0.15, 0.2) is 24.3 Å². The topological polar surface area (TPSA) is 83.6 Å². The van der Waals surface area contributed by atoms with Crippen molar-refractivity contribution in [3.05, 3.63) is 35.4 Å². The fraction of sp³-hybridized carbons (Fsp3) is 0.500. The van der Waals surface area contributed by atoms with Crippen molar-refractivity contribution in [2.24, 2.45) is 11.7 Å². The van der Waals surface area contributed by atoms with E-state index in [0.29, 0.717) is 11.5 Å². The lowest BCUT2D eigenvalue weighted by molar-refractivity contribution is -0.121. The van der Waals surface area contributed by atoms with Crippen LogP contribution in [-0.2, 0) is 11.2 Å². The number of aliphatic hydroxyl groups excluding tert-OH is 2. The van der Waals surface area contributed by atoms with Gasteiger partial charge in [0.2, 0.25) is 5.91 Å². The van der Waals surface area contributed by atoms with Gasteiger partial charge < -0.3 is 15.9 Å². The molecular formula is C14H21NO3. The maximum atomic E-state index is 10.7. The largest absolute Gasteiger partial charge is 0.390 e. The summed E-state index contributed by atoms with van der Waals surface area (Å²) in [5.74, 6) is -0.0563. The van der Waals surface area contributed by atoms with Crippen molar-refractivity contribution < 1.29 is 15.0 Å². The molecule has 18 heavy (non-hydrogen) atoms. The number of aliphatic hydroxyl groups is 2. The first-order valence-electron chi connectivity index (χ1n) is 6.13. The molecule has 1 amide bonds. The fourth-order valence-corrected chi connectivity index (χ4v) is 1.86. The molecule has 0 spiro atoms. The lowest BCUT2D eigenvalue weighted by Gasteiger charge is -2.17. The van der Waals surface area contributed by atoms with Crippen LogP contribution in [0.4, 0.5) is 0 Å². The van der Waals surface area contributed by atoms with E-state index in [9.17, 15) is 15.0 Å². The molecule has 4 N–H and O–H groups in total. The van der Waals surface area contributed by atoms with Gasteiger partial charge in [-0.3, -0.25) is 4.79 Å². The van der Waals surface area contributed by atoms with Crippen LogP contribution < -0.4 is 5.73 Å². The second-order valence-electron chi connectivity index (χ2n) is 5.02. The van der Waals surface area contributed by atoms with Gasteiger partial charge in [-0.15, -0.1) is 0 Å². The van der Waals surface area contributed by atoms with E-state index in [1.165, 1.54) is 5.56 Å². The molecule has 0 bridgehead atoms. The molecule has 0 saturated heterocycles. The summed E-state index contributed by atoms with van der Waals surface area (Å²) < 4.78 is 0. The van der Waals surface area contributed by atoms with Gasteiger partial charge in [-0.25, -0.2) is 0 Å². The Balaban J connectivity index is 2.69. The van der Waals surface area contributed by atoms with Crippen molar-refractivity contribution in [1.29, 1.82) is 0 Å². The van der Waals surface area contributed by atoms with Crippen LogP contribution in [-0.4, -0.2) is 22.2 Å². The van der Waals surface area contributed by atoms with Crippen molar-refractivity contribution in [1.82, 2.24) is 0 Å². The first kappa shape index (κ1) is 14.7. The van der Waals surface area contributed by atoms with E-state index >= 15 is 0 Å². The number of hydrogen-bond donors (Lipinski definition) is 3. The van der Waals surface area contributed by atoms with Gasteiger partial charge in [0.1, 0.15) is 6.10 Å². The van der Waals surface area contributed by atoms with Gasteiger partial charge in [0, 0.05) is 0 Å². The number of carbonyl (C=O) groups is 1. The third-order valence-electron chi connectivity index (χ3n) is 2.74. The summed E-state index contributed by atoms with van der Waals surface area (Å²) in [5.41, 5.74) is 6.76. The summed E-state index contributed by atoms with van der Waals surface area (Å²) in [6.07, 6.45) is -1.50. The van der Waals surface area contributed by atoms with Crippen molar-refractivity contribution in [3.63, 3.8) is 0 Å². The highest BCUT2D eigenvalue weighted by Gasteiger charge is 2.20. The van der Waals surface area contributed by atoms with E-state index in [1.54, 1.807) is 12.1 Å². The monoisotopic (exact) mass is 251 g/mol. The van der Waals surface area contributed by atoms with Crippen LogP contribution >= 0.6 is 0 Å². The summed E-state index contributed by atoms with van der Waals surface area (Å²) in [4.78, 5) is 10.7. The number of primary amides is 1. The molecule has 4 heteroatoms. The molecule has 0 fully saturated rings. The van der Waals surface area contributed by atoms with Crippen LogP contribution in [0.5, 0.6) is 0 Å². The summed E-state index contributed by atoms with van der Waals surface area (Å²) in [7, 11) is 0. The van der Waals surface area contributed by atoms with Gasteiger partial charge >= 0.3 is 0 Å². The zero-order valence-corrected chi connectivity index (χ0v) is 10.8. The average molecular weight is 251 g/mol. The third kappa shape index (κ3) is 4.47. The summed E-state index contributed by atoms with van der Waals surface area (Å²) in [6, 6.07) is 7.39. The fourth-order valence-electron chi connectivity index (χ4n) is 1.86. The van der Waals surface area contributed by atoms with Crippen LogP contribution in [0.25, 0.3) is 0 Å². The highest BCUT2D eigenvalue weighted by molar-refractivity contribution is 5.74. The Morgan fingerprint density at radius 2 is 1.78 bits per heavy atom. The highest BCUT2D eigenvalue weighted by atomic mass is 16.3. The number of hydrogen-bond acceptors (Lipinski definition) is 3. The molecule has 0 radical (unpaired) electrons.